The van der Waals surface area contributed by atoms with Crippen molar-refractivity contribution < 1.29 is 0 Å². The number of nitrogens with one attached hydrogen (secondary N) is 1. The Kier molecular flexibility index (Phi) is 1.99. The van der Waals surface area contributed by atoms with Gasteiger partial charge in [-0.1, -0.05) is 0 Å². The predicted octanol–water partition coefficient (Wildman–Crippen LogP) is 1.64. The van der Waals surface area contributed by atoms with Crippen LogP contribution in [0.1, 0.15) is 40.5 Å². The number of nitrogens with zero attached hydrogens (tertiary/aromatic N) is 2. The van der Waals surface area contributed by atoms with Crippen LogP contribution in [0.25, 0.3) is 0 Å². The summed E-state index contributed by atoms with van der Waals surface area (Å²) in [7, 11) is 0. The lowest BCUT2D eigenvalue weighted by atomic mass is 9.98. The van der Waals surface area contributed by atoms with E-state index in [1.807, 2.05) is 0 Å². The molecule has 1 saturated heterocycles. The van der Waals surface area contributed by atoms with E-state index in [2.05, 4.69) is 42.9 Å². The monoisotopic (exact) mass is 221 g/mol. The summed E-state index contributed by atoms with van der Waals surface area (Å²) in [5.74, 6) is 1.32. The fourth-order valence-corrected chi connectivity index (χ4v) is 4.01. The van der Waals surface area contributed by atoms with E-state index >= 15 is 0 Å². The van der Waals surface area contributed by atoms with Gasteiger partial charge in [-0.25, -0.2) is 0 Å². The molecule has 3 nitrogen and oxygen atoms in total. The molecule has 0 spiro atoms. The number of likely N-dealkylation sites (tertiary alicyclic amines) is 1. The Labute approximate surface area is 98.3 Å². The highest BCUT2D eigenvalue weighted by atomic mass is 15.3. The van der Waals surface area contributed by atoms with Gasteiger partial charge in [0.2, 0.25) is 0 Å². The van der Waals surface area contributed by atoms with Gasteiger partial charge < -0.3 is 5.32 Å². The van der Waals surface area contributed by atoms with Crippen LogP contribution in [0.2, 0.25) is 0 Å². The Balaban J connectivity index is 1.85. The van der Waals surface area contributed by atoms with Gasteiger partial charge >= 0.3 is 0 Å². The van der Waals surface area contributed by atoms with E-state index in [4.69, 9.17) is 0 Å². The summed E-state index contributed by atoms with van der Waals surface area (Å²) >= 11 is 0. The molecule has 3 aliphatic rings. The molecule has 16 heavy (non-hydrogen) atoms. The maximum absolute atomic E-state index is 4.66. The van der Waals surface area contributed by atoms with Crippen LogP contribution in [-0.4, -0.2) is 41.4 Å². The predicted molar refractivity (Wildman–Crippen MR) is 66.8 cm³/mol. The van der Waals surface area contributed by atoms with Crippen molar-refractivity contribution in [2.75, 3.05) is 13.1 Å². The highest BCUT2D eigenvalue weighted by Crippen LogP contribution is 2.61. The van der Waals surface area contributed by atoms with Gasteiger partial charge in [0.15, 0.2) is 0 Å². The first kappa shape index (κ1) is 10.6. The lowest BCUT2D eigenvalue weighted by Crippen LogP contribution is -2.45. The average molecular weight is 221 g/mol. The van der Waals surface area contributed by atoms with Gasteiger partial charge in [-0.3, -0.25) is 9.89 Å². The van der Waals surface area contributed by atoms with E-state index in [0.29, 0.717) is 17.0 Å². The first-order chi connectivity index (χ1) is 7.45. The number of rotatable bonds is 1. The van der Waals surface area contributed by atoms with E-state index < -0.39 is 0 Å². The molecule has 90 valence electrons. The van der Waals surface area contributed by atoms with Crippen LogP contribution < -0.4 is 5.32 Å². The molecule has 0 radical (unpaired) electrons. The number of hydrogen-bond donors (Lipinski definition) is 1. The maximum atomic E-state index is 4.66. The molecule has 0 aromatic heterocycles. The number of piperidine rings is 1. The van der Waals surface area contributed by atoms with Gasteiger partial charge in [-0.05, 0) is 40.5 Å². The topological polar surface area (TPSA) is 27.6 Å². The fourth-order valence-electron chi connectivity index (χ4n) is 4.01. The minimum atomic E-state index is 0.293. The zero-order valence-corrected chi connectivity index (χ0v) is 10.9. The fraction of sp³-hybridized carbons (Fsp3) is 0.923. The molecule has 0 bridgehead atoms. The van der Waals surface area contributed by atoms with Crippen molar-refractivity contribution >= 4 is 5.84 Å². The first-order valence-corrected chi connectivity index (χ1v) is 6.52. The van der Waals surface area contributed by atoms with Crippen molar-refractivity contribution in [1.82, 2.24) is 10.2 Å². The molecular weight excluding hydrogens is 198 g/mol. The van der Waals surface area contributed by atoms with Crippen molar-refractivity contribution in [3.63, 3.8) is 0 Å². The van der Waals surface area contributed by atoms with Crippen molar-refractivity contribution in [2.24, 2.45) is 10.4 Å². The number of amidine groups is 1. The Hall–Kier alpha value is -0.570. The quantitative estimate of drug-likeness (QED) is 0.729. The maximum Gasteiger partial charge on any atom is 0.104 e. The Bertz CT molecular complexity index is 342. The van der Waals surface area contributed by atoms with Gasteiger partial charge in [0, 0.05) is 29.6 Å². The summed E-state index contributed by atoms with van der Waals surface area (Å²) in [6.45, 7) is 11.4. The summed E-state index contributed by atoms with van der Waals surface area (Å²) in [4.78, 5) is 7.36. The Morgan fingerprint density at radius 2 is 2.12 bits per heavy atom. The highest BCUT2D eigenvalue weighted by Gasteiger charge is 2.68. The number of fused-ring (bicyclic) bond motifs is 1. The van der Waals surface area contributed by atoms with Crippen molar-refractivity contribution in [3.8, 4) is 0 Å². The van der Waals surface area contributed by atoms with E-state index in [9.17, 15) is 0 Å². The Morgan fingerprint density at radius 1 is 1.38 bits per heavy atom. The van der Waals surface area contributed by atoms with Crippen LogP contribution in [0.4, 0.5) is 0 Å². The van der Waals surface area contributed by atoms with Crippen LogP contribution in [0, 0.1) is 5.41 Å². The molecule has 1 N–H and O–H groups in total. The summed E-state index contributed by atoms with van der Waals surface area (Å²) in [5, 5.41) is 3.50. The largest absolute Gasteiger partial charge is 0.371 e. The van der Waals surface area contributed by atoms with Gasteiger partial charge in [-0.2, -0.15) is 0 Å². The van der Waals surface area contributed by atoms with Gasteiger partial charge in [0.05, 0.1) is 6.54 Å². The third-order valence-corrected chi connectivity index (χ3v) is 4.43. The second kappa shape index (κ2) is 3.00. The normalized spacial score (nSPS) is 42.9. The lowest BCUT2D eigenvalue weighted by molar-refractivity contribution is 0.104. The molecule has 2 heterocycles. The molecule has 1 aliphatic carbocycles. The van der Waals surface area contributed by atoms with Crippen LogP contribution in [0.3, 0.4) is 0 Å². The van der Waals surface area contributed by atoms with Gasteiger partial charge in [0.1, 0.15) is 5.84 Å². The second-order valence-corrected chi connectivity index (χ2v) is 6.66. The third-order valence-electron chi connectivity index (χ3n) is 4.43. The number of hydrogen-bond acceptors (Lipinski definition) is 3. The summed E-state index contributed by atoms with van der Waals surface area (Å²) in [6.07, 6.45) is 2.61. The van der Waals surface area contributed by atoms with Crippen LogP contribution >= 0.6 is 0 Å². The molecule has 2 aliphatic heterocycles. The van der Waals surface area contributed by atoms with E-state index in [-0.39, 0.29) is 0 Å². The lowest BCUT2D eigenvalue weighted by Gasteiger charge is -2.37. The Morgan fingerprint density at radius 3 is 2.62 bits per heavy atom. The van der Waals surface area contributed by atoms with Crippen molar-refractivity contribution in [2.45, 2.75) is 58.2 Å². The van der Waals surface area contributed by atoms with E-state index in [0.717, 1.165) is 19.1 Å². The summed E-state index contributed by atoms with van der Waals surface area (Å²) in [6, 6.07) is 1.44. The van der Waals surface area contributed by atoms with E-state index in [1.54, 1.807) is 0 Å². The minimum Gasteiger partial charge on any atom is -0.371 e. The van der Waals surface area contributed by atoms with Gasteiger partial charge in [-0.15, -0.1) is 0 Å². The second-order valence-electron chi connectivity index (χ2n) is 6.66. The molecule has 1 unspecified atom stereocenters. The average Bonchev–Trinajstić information content (AvgIpc) is 2.64. The zero-order valence-electron chi connectivity index (χ0n) is 10.9. The molecule has 3 atom stereocenters. The molecule has 1 saturated carbocycles. The third kappa shape index (κ3) is 1.27. The van der Waals surface area contributed by atoms with Crippen molar-refractivity contribution in [1.29, 1.82) is 0 Å². The van der Waals surface area contributed by atoms with Crippen molar-refractivity contribution in [3.05, 3.63) is 0 Å². The summed E-state index contributed by atoms with van der Waals surface area (Å²) < 4.78 is 0. The first-order valence-electron chi connectivity index (χ1n) is 6.52. The van der Waals surface area contributed by atoms with Crippen LogP contribution in [0.15, 0.2) is 4.99 Å². The molecule has 0 amide bonds. The number of aliphatic imine (C=N–C) groups is 1. The molecule has 0 aromatic rings. The molecule has 3 heteroatoms. The molecule has 2 fully saturated rings. The zero-order chi connectivity index (χ0) is 11.6. The minimum absolute atomic E-state index is 0.293. The molecule has 0 aromatic carbocycles. The highest BCUT2D eigenvalue weighted by molar-refractivity contribution is 5.93. The smallest absolute Gasteiger partial charge is 0.104 e. The standard InChI is InChI=1S/C13H23N3/c1-9-7-13(11-14-5-6-15-11)8-10(13)16(9)12(2,3)4/h9-10H,5-8H2,1-4H3,(H,14,15)/t9-,10?,13-/m1/s1. The van der Waals surface area contributed by atoms with Crippen LogP contribution in [0.5, 0.6) is 0 Å². The molecular formula is C13H23N3. The summed E-state index contributed by atoms with van der Waals surface area (Å²) in [5.41, 5.74) is 0.699. The SMILES string of the molecule is C[C@@H]1C[C@@]2(C3=NCCN3)CC2N1C(C)(C)C. The molecule has 3 rings (SSSR count). The van der Waals surface area contributed by atoms with E-state index in [1.165, 1.54) is 18.7 Å². The van der Waals surface area contributed by atoms with Gasteiger partial charge in [0.25, 0.3) is 0 Å². The van der Waals surface area contributed by atoms with Crippen LogP contribution in [-0.2, 0) is 0 Å².